The molecule has 3 rings (SSSR count). The number of nitrogens with one attached hydrogen (secondary N) is 1. The molecule has 0 spiro atoms. The Hall–Kier alpha value is -3.00. The number of rotatable bonds is 7. The maximum Gasteiger partial charge on any atom is 0.234 e. The summed E-state index contributed by atoms with van der Waals surface area (Å²) < 4.78 is 10.4. The van der Waals surface area contributed by atoms with Crippen LogP contribution in [0.15, 0.2) is 53.5 Å². The van der Waals surface area contributed by atoms with E-state index in [0.29, 0.717) is 23.9 Å². The van der Waals surface area contributed by atoms with Crippen LogP contribution < -0.4 is 14.8 Å². The fourth-order valence-corrected chi connectivity index (χ4v) is 4.09. The zero-order valence-corrected chi connectivity index (χ0v) is 18.1. The number of ether oxygens (including phenoxy) is 2. The average molecular weight is 428 g/mol. The molecule has 1 fully saturated rings. The molecule has 1 unspecified atom stereocenters. The summed E-state index contributed by atoms with van der Waals surface area (Å²) in [6, 6.07) is 14.8. The SMILES string of the molecule is CCNC(=O)C1CC(=O)N(Cc2ccc(OC)cc2)C(=Nc2ccc(OC)cc2)S1. The molecule has 8 heteroatoms. The highest BCUT2D eigenvalue weighted by molar-refractivity contribution is 8.15. The number of aliphatic imine (C=N–C) groups is 1. The molecule has 7 nitrogen and oxygen atoms in total. The smallest absolute Gasteiger partial charge is 0.234 e. The van der Waals surface area contributed by atoms with Gasteiger partial charge in [-0.05, 0) is 48.9 Å². The van der Waals surface area contributed by atoms with Crippen molar-refractivity contribution in [3.63, 3.8) is 0 Å². The van der Waals surface area contributed by atoms with Crippen molar-refractivity contribution in [2.75, 3.05) is 20.8 Å². The predicted octanol–water partition coefficient (Wildman–Crippen LogP) is 3.36. The molecular formula is C22H25N3O4S. The van der Waals surface area contributed by atoms with Gasteiger partial charge in [-0.3, -0.25) is 14.5 Å². The van der Waals surface area contributed by atoms with E-state index in [4.69, 9.17) is 9.47 Å². The highest BCUT2D eigenvalue weighted by Gasteiger charge is 2.35. The first kappa shape index (κ1) is 21.7. The molecule has 30 heavy (non-hydrogen) atoms. The van der Waals surface area contributed by atoms with Crippen molar-refractivity contribution in [2.45, 2.75) is 25.1 Å². The quantitative estimate of drug-likeness (QED) is 0.733. The minimum Gasteiger partial charge on any atom is -0.497 e. The summed E-state index contributed by atoms with van der Waals surface area (Å²) in [7, 11) is 3.21. The number of hydrogen-bond donors (Lipinski definition) is 1. The molecule has 1 atom stereocenters. The molecule has 0 bridgehead atoms. The van der Waals surface area contributed by atoms with Crippen LogP contribution in [0.3, 0.4) is 0 Å². The van der Waals surface area contributed by atoms with E-state index in [0.717, 1.165) is 17.1 Å². The van der Waals surface area contributed by atoms with Crippen LogP contribution in [0.4, 0.5) is 5.69 Å². The van der Waals surface area contributed by atoms with E-state index in [-0.39, 0.29) is 18.2 Å². The van der Waals surface area contributed by atoms with E-state index in [2.05, 4.69) is 10.3 Å². The van der Waals surface area contributed by atoms with Gasteiger partial charge < -0.3 is 14.8 Å². The van der Waals surface area contributed by atoms with Crippen molar-refractivity contribution in [1.29, 1.82) is 0 Å². The maximum absolute atomic E-state index is 12.9. The molecule has 0 radical (unpaired) electrons. The summed E-state index contributed by atoms with van der Waals surface area (Å²) in [5, 5.41) is 2.80. The first-order valence-corrected chi connectivity index (χ1v) is 10.5. The van der Waals surface area contributed by atoms with E-state index >= 15 is 0 Å². The molecule has 2 aromatic carbocycles. The maximum atomic E-state index is 12.9. The lowest BCUT2D eigenvalue weighted by Crippen LogP contribution is -2.46. The van der Waals surface area contributed by atoms with Crippen LogP contribution in [-0.2, 0) is 16.1 Å². The van der Waals surface area contributed by atoms with Gasteiger partial charge in [0.05, 0.1) is 31.7 Å². The van der Waals surface area contributed by atoms with Gasteiger partial charge in [0.1, 0.15) is 11.5 Å². The third-order valence-electron chi connectivity index (χ3n) is 4.58. The van der Waals surface area contributed by atoms with Gasteiger partial charge in [0, 0.05) is 13.0 Å². The first-order valence-electron chi connectivity index (χ1n) is 9.64. The van der Waals surface area contributed by atoms with E-state index in [1.54, 1.807) is 19.1 Å². The van der Waals surface area contributed by atoms with Crippen molar-refractivity contribution in [1.82, 2.24) is 10.2 Å². The highest BCUT2D eigenvalue weighted by atomic mass is 32.2. The van der Waals surface area contributed by atoms with Crippen molar-refractivity contribution in [3.8, 4) is 11.5 Å². The number of carbonyl (C=O) groups is 2. The molecule has 0 saturated carbocycles. The van der Waals surface area contributed by atoms with Crippen LogP contribution in [0.2, 0.25) is 0 Å². The van der Waals surface area contributed by atoms with Crippen LogP contribution in [-0.4, -0.2) is 47.9 Å². The highest BCUT2D eigenvalue weighted by Crippen LogP contribution is 2.31. The molecule has 1 aliphatic rings. The van der Waals surface area contributed by atoms with E-state index in [9.17, 15) is 9.59 Å². The number of carbonyl (C=O) groups excluding carboxylic acids is 2. The van der Waals surface area contributed by atoms with E-state index in [1.165, 1.54) is 11.8 Å². The minimum absolute atomic E-state index is 0.131. The van der Waals surface area contributed by atoms with Gasteiger partial charge >= 0.3 is 0 Å². The molecule has 158 valence electrons. The van der Waals surface area contributed by atoms with Gasteiger partial charge in [-0.2, -0.15) is 0 Å². The van der Waals surface area contributed by atoms with Crippen molar-refractivity contribution in [2.24, 2.45) is 4.99 Å². The van der Waals surface area contributed by atoms with Crippen LogP contribution in [0.1, 0.15) is 18.9 Å². The van der Waals surface area contributed by atoms with E-state index < -0.39 is 5.25 Å². The van der Waals surface area contributed by atoms with Gasteiger partial charge in [0.25, 0.3) is 0 Å². The van der Waals surface area contributed by atoms with Crippen LogP contribution in [0, 0.1) is 0 Å². The van der Waals surface area contributed by atoms with Gasteiger partial charge in [-0.25, -0.2) is 4.99 Å². The number of benzene rings is 2. The summed E-state index contributed by atoms with van der Waals surface area (Å²) in [6.45, 7) is 2.74. The number of amides is 2. The molecule has 0 aliphatic carbocycles. The minimum atomic E-state index is -0.499. The van der Waals surface area contributed by atoms with Crippen molar-refractivity contribution < 1.29 is 19.1 Å². The van der Waals surface area contributed by atoms with Crippen LogP contribution in [0.5, 0.6) is 11.5 Å². The lowest BCUT2D eigenvalue weighted by atomic mass is 10.2. The average Bonchev–Trinajstić information content (AvgIpc) is 2.77. The standard InChI is InChI=1S/C22H25N3O4S/c1-4-23-21(27)19-13-20(26)25(14-15-5-9-17(28-2)10-6-15)22(30-19)24-16-7-11-18(29-3)12-8-16/h5-12,19H,4,13-14H2,1-3H3,(H,23,27). The van der Waals surface area contributed by atoms with E-state index in [1.807, 2.05) is 55.5 Å². The predicted molar refractivity (Wildman–Crippen MR) is 118 cm³/mol. The Bertz CT molecular complexity index is 913. The molecule has 1 N–H and O–H groups in total. The largest absolute Gasteiger partial charge is 0.497 e. The molecule has 2 amide bonds. The molecular weight excluding hydrogens is 402 g/mol. The lowest BCUT2D eigenvalue weighted by molar-refractivity contribution is -0.130. The Morgan fingerprint density at radius 2 is 1.70 bits per heavy atom. The fourth-order valence-electron chi connectivity index (χ4n) is 2.97. The Labute approximate surface area is 180 Å². The molecule has 1 saturated heterocycles. The third kappa shape index (κ3) is 5.33. The summed E-state index contributed by atoms with van der Waals surface area (Å²) in [5.74, 6) is 1.19. The van der Waals surface area contributed by atoms with Crippen LogP contribution in [0.25, 0.3) is 0 Å². The Balaban J connectivity index is 1.89. The summed E-state index contributed by atoms with van der Waals surface area (Å²) in [4.78, 5) is 31.6. The monoisotopic (exact) mass is 427 g/mol. The Morgan fingerprint density at radius 3 is 2.27 bits per heavy atom. The zero-order chi connectivity index (χ0) is 21.5. The number of thioether (sulfide) groups is 1. The molecule has 2 aromatic rings. The van der Waals surface area contributed by atoms with Crippen molar-refractivity contribution >= 4 is 34.4 Å². The molecule has 0 aromatic heterocycles. The van der Waals surface area contributed by atoms with Gasteiger partial charge in [-0.15, -0.1) is 0 Å². The topological polar surface area (TPSA) is 80.2 Å². The lowest BCUT2D eigenvalue weighted by Gasteiger charge is -2.31. The second-order valence-electron chi connectivity index (χ2n) is 6.63. The van der Waals surface area contributed by atoms with Gasteiger partial charge in [-0.1, -0.05) is 23.9 Å². The number of hydrogen-bond acceptors (Lipinski definition) is 6. The first-order chi connectivity index (χ1) is 14.5. The second kappa shape index (κ2) is 10.2. The summed E-state index contributed by atoms with van der Waals surface area (Å²) in [6.07, 6.45) is 0.133. The normalized spacial score (nSPS) is 17.7. The third-order valence-corrected chi connectivity index (χ3v) is 5.77. The Kier molecular flexibility index (Phi) is 7.35. The number of methoxy groups -OCH3 is 2. The van der Waals surface area contributed by atoms with Gasteiger partial charge in [0.2, 0.25) is 11.8 Å². The van der Waals surface area contributed by atoms with Gasteiger partial charge in [0.15, 0.2) is 5.17 Å². The Morgan fingerprint density at radius 1 is 1.10 bits per heavy atom. The van der Waals surface area contributed by atoms with Crippen molar-refractivity contribution in [3.05, 3.63) is 54.1 Å². The second-order valence-corrected chi connectivity index (χ2v) is 7.80. The molecule has 1 aliphatic heterocycles. The zero-order valence-electron chi connectivity index (χ0n) is 17.3. The van der Waals surface area contributed by atoms with Crippen LogP contribution >= 0.6 is 11.8 Å². The summed E-state index contributed by atoms with van der Waals surface area (Å²) >= 11 is 1.31. The molecule has 1 heterocycles. The number of amidine groups is 1. The summed E-state index contributed by atoms with van der Waals surface area (Å²) in [5.41, 5.74) is 1.63. The fraction of sp³-hybridized carbons (Fsp3) is 0.318. The number of nitrogens with zero attached hydrogens (tertiary/aromatic N) is 2.